The van der Waals surface area contributed by atoms with E-state index in [1.165, 1.54) is 0 Å². The van der Waals surface area contributed by atoms with Crippen molar-refractivity contribution >= 4 is 21.8 Å². The number of carbonyl (C=O) groups is 1. The van der Waals surface area contributed by atoms with Crippen LogP contribution >= 0.6 is 15.9 Å². The van der Waals surface area contributed by atoms with Crippen LogP contribution < -0.4 is 15.8 Å². The van der Waals surface area contributed by atoms with Crippen molar-refractivity contribution in [1.82, 2.24) is 5.32 Å². The maximum atomic E-state index is 11.7. The van der Waals surface area contributed by atoms with Crippen LogP contribution in [0.5, 0.6) is 5.75 Å². The molecule has 1 aromatic rings. The van der Waals surface area contributed by atoms with Crippen molar-refractivity contribution in [3.63, 3.8) is 0 Å². The van der Waals surface area contributed by atoms with Gasteiger partial charge in [0, 0.05) is 12.5 Å². The van der Waals surface area contributed by atoms with Gasteiger partial charge >= 0.3 is 0 Å². The van der Waals surface area contributed by atoms with Crippen molar-refractivity contribution < 1.29 is 9.53 Å². The van der Waals surface area contributed by atoms with Crippen LogP contribution in [0.1, 0.15) is 18.9 Å². The van der Waals surface area contributed by atoms with Gasteiger partial charge in [-0.05, 0) is 46.6 Å². The Labute approximate surface area is 116 Å². The molecule has 5 heteroatoms. The highest BCUT2D eigenvalue weighted by Crippen LogP contribution is 2.25. The van der Waals surface area contributed by atoms with Gasteiger partial charge in [0.1, 0.15) is 5.75 Å². The molecule has 0 aliphatic heterocycles. The molecule has 1 unspecified atom stereocenters. The fraction of sp³-hybridized carbons (Fsp3) is 0.462. The lowest BCUT2D eigenvalue weighted by molar-refractivity contribution is -0.124. The largest absolute Gasteiger partial charge is 0.496 e. The quantitative estimate of drug-likeness (QED) is 0.844. The van der Waals surface area contributed by atoms with E-state index in [0.29, 0.717) is 19.5 Å². The first-order valence-electron chi connectivity index (χ1n) is 5.88. The van der Waals surface area contributed by atoms with Crippen LogP contribution in [0, 0.1) is 5.92 Å². The molecule has 0 aliphatic rings. The molecule has 1 aromatic carbocycles. The lowest BCUT2D eigenvalue weighted by Gasteiger charge is -2.12. The molecule has 0 saturated carbocycles. The summed E-state index contributed by atoms with van der Waals surface area (Å²) in [5, 5.41) is 2.89. The van der Waals surface area contributed by atoms with E-state index in [1.54, 1.807) is 7.11 Å². The number of nitrogens with two attached hydrogens (primary N) is 1. The van der Waals surface area contributed by atoms with E-state index in [1.807, 2.05) is 25.1 Å². The number of halogens is 1. The Morgan fingerprint density at radius 1 is 1.56 bits per heavy atom. The highest BCUT2D eigenvalue weighted by atomic mass is 79.9. The molecular formula is C13H19BrN2O2. The number of methoxy groups -OCH3 is 1. The van der Waals surface area contributed by atoms with E-state index < -0.39 is 0 Å². The average molecular weight is 315 g/mol. The molecule has 0 saturated heterocycles. The van der Waals surface area contributed by atoms with Crippen molar-refractivity contribution in [2.75, 3.05) is 13.7 Å². The highest BCUT2D eigenvalue weighted by molar-refractivity contribution is 9.10. The van der Waals surface area contributed by atoms with E-state index in [2.05, 4.69) is 21.2 Å². The van der Waals surface area contributed by atoms with Gasteiger partial charge in [-0.3, -0.25) is 4.79 Å². The Morgan fingerprint density at radius 2 is 2.28 bits per heavy atom. The first-order valence-corrected chi connectivity index (χ1v) is 6.68. The minimum Gasteiger partial charge on any atom is -0.496 e. The van der Waals surface area contributed by atoms with Crippen molar-refractivity contribution in [3.8, 4) is 5.75 Å². The van der Waals surface area contributed by atoms with Gasteiger partial charge in [-0.25, -0.2) is 0 Å². The number of ether oxygens (including phenoxy) is 1. The summed E-state index contributed by atoms with van der Waals surface area (Å²) in [6, 6.07) is 5.74. The van der Waals surface area contributed by atoms with Gasteiger partial charge in [0.15, 0.2) is 0 Å². The van der Waals surface area contributed by atoms with E-state index in [9.17, 15) is 4.79 Å². The van der Waals surface area contributed by atoms with Crippen LogP contribution in [0.15, 0.2) is 22.7 Å². The predicted molar refractivity (Wildman–Crippen MR) is 75.4 cm³/mol. The molecule has 1 amide bonds. The van der Waals surface area contributed by atoms with Gasteiger partial charge in [0.25, 0.3) is 0 Å². The first kappa shape index (κ1) is 15.0. The second-order valence-corrected chi connectivity index (χ2v) is 5.02. The van der Waals surface area contributed by atoms with Crippen LogP contribution in [0.25, 0.3) is 0 Å². The standard InChI is InChI=1S/C13H19BrN2O2/c1-9(5-6-15)13(17)16-8-10-3-4-12(18-2)11(14)7-10/h3-4,7,9H,5-6,8,15H2,1-2H3,(H,16,17). The molecule has 0 spiro atoms. The number of amides is 1. The number of hydrogen-bond acceptors (Lipinski definition) is 3. The van der Waals surface area contributed by atoms with Gasteiger partial charge in [-0.2, -0.15) is 0 Å². The topological polar surface area (TPSA) is 64.3 Å². The Kier molecular flexibility index (Phi) is 6.15. The fourth-order valence-electron chi connectivity index (χ4n) is 1.56. The molecule has 1 rings (SSSR count). The average Bonchev–Trinajstić information content (AvgIpc) is 2.36. The molecule has 0 fully saturated rings. The molecule has 100 valence electrons. The predicted octanol–water partition coefficient (Wildman–Crippen LogP) is 2.06. The van der Waals surface area contributed by atoms with Crippen LogP contribution in [0.2, 0.25) is 0 Å². The van der Waals surface area contributed by atoms with E-state index >= 15 is 0 Å². The monoisotopic (exact) mass is 314 g/mol. The maximum absolute atomic E-state index is 11.7. The van der Waals surface area contributed by atoms with Gasteiger partial charge in [-0.15, -0.1) is 0 Å². The minimum absolute atomic E-state index is 0.0346. The van der Waals surface area contributed by atoms with Crippen molar-refractivity contribution in [2.45, 2.75) is 19.9 Å². The molecule has 18 heavy (non-hydrogen) atoms. The molecule has 0 aliphatic carbocycles. The number of nitrogens with one attached hydrogen (secondary N) is 1. The highest BCUT2D eigenvalue weighted by Gasteiger charge is 2.11. The summed E-state index contributed by atoms with van der Waals surface area (Å²) < 4.78 is 6.03. The molecule has 0 aromatic heterocycles. The summed E-state index contributed by atoms with van der Waals surface area (Å²) in [4.78, 5) is 11.7. The lowest BCUT2D eigenvalue weighted by atomic mass is 10.1. The maximum Gasteiger partial charge on any atom is 0.223 e. The zero-order valence-corrected chi connectivity index (χ0v) is 12.3. The number of benzene rings is 1. The fourth-order valence-corrected chi connectivity index (χ4v) is 2.15. The molecule has 0 bridgehead atoms. The van der Waals surface area contributed by atoms with Crippen LogP contribution in [0.4, 0.5) is 0 Å². The van der Waals surface area contributed by atoms with Crippen molar-refractivity contribution in [3.05, 3.63) is 28.2 Å². The molecular weight excluding hydrogens is 296 g/mol. The van der Waals surface area contributed by atoms with Gasteiger partial charge < -0.3 is 15.8 Å². The Hall–Kier alpha value is -1.07. The van der Waals surface area contributed by atoms with Gasteiger partial charge in [-0.1, -0.05) is 13.0 Å². The number of hydrogen-bond donors (Lipinski definition) is 2. The summed E-state index contributed by atoms with van der Waals surface area (Å²) >= 11 is 3.41. The second kappa shape index (κ2) is 7.38. The molecule has 4 nitrogen and oxygen atoms in total. The van der Waals surface area contributed by atoms with Crippen LogP contribution in [-0.4, -0.2) is 19.6 Å². The Balaban J connectivity index is 2.53. The summed E-state index contributed by atoms with van der Waals surface area (Å²) in [5.41, 5.74) is 6.45. The van der Waals surface area contributed by atoms with Crippen molar-refractivity contribution in [2.24, 2.45) is 11.7 Å². The van der Waals surface area contributed by atoms with Crippen LogP contribution in [0.3, 0.4) is 0 Å². The number of carbonyl (C=O) groups excluding carboxylic acids is 1. The summed E-state index contributed by atoms with van der Waals surface area (Å²) in [7, 11) is 1.62. The Morgan fingerprint density at radius 3 is 2.83 bits per heavy atom. The zero-order chi connectivity index (χ0) is 13.5. The molecule has 1 atom stereocenters. The van der Waals surface area contributed by atoms with E-state index in [-0.39, 0.29) is 11.8 Å². The lowest BCUT2D eigenvalue weighted by Crippen LogP contribution is -2.29. The van der Waals surface area contributed by atoms with E-state index in [0.717, 1.165) is 15.8 Å². The number of rotatable bonds is 6. The normalized spacial score (nSPS) is 12.0. The smallest absolute Gasteiger partial charge is 0.223 e. The Bertz CT molecular complexity index is 410. The zero-order valence-electron chi connectivity index (χ0n) is 10.7. The van der Waals surface area contributed by atoms with Gasteiger partial charge in [0.2, 0.25) is 5.91 Å². The van der Waals surface area contributed by atoms with E-state index in [4.69, 9.17) is 10.5 Å². The molecule has 0 heterocycles. The summed E-state index contributed by atoms with van der Waals surface area (Å²) in [5.74, 6) is 0.769. The minimum atomic E-state index is -0.0447. The van der Waals surface area contributed by atoms with Crippen LogP contribution in [-0.2, 0) is 11.3 Å². The molecule has 3 N–H and O–H groups in total. The third kappa shape index (κ3) is 4.31. The van der Waals surface area contributed by atoms with Gasteiger partial charge in [0.05, 0.1) is 11.6 Å². The molecule has 0 radical (unpaired) electrons. The first-order chi connectivity index (χ1) is 8.58. The third-order valence-corrected chi connectivity index (χ3v) is 3.35. The SMILES string of the molecule is COc1ccc(CNC(=O)C(C)CCN)cc1Br. The third-order valence-electron chi connectivity index (χ3n) is 2.73. The second-order valence-electron chi connectivity index (χ2n) is 4.17. The summed E-state index contributed by atoms with van der Waals surface area (Å²) in [6.07, 6.45) is 0.706. The summed E-state index contributed by atoms with van der Waals surface area (Å²) in [6.45, 7) is 2.92. The van der Waals surface area contributed by atoms with Crippen molar-refractivity contribution in [1.29, 1.82) is 0 Å².